The number of nitrogens with zero attached hydrogens (tertiary/aromatic N) is 2. The van der Waals surface area contributed by atoms with Crippen LogP contribution in [0.1, 0.15) is 41.3 Å². The number of thiocarbonyl (C=S) groups is 1. The van der Waals surface area contributed by atoms with Crippen molar-refractivity contribution >= 4 is 40.4 Å². The van der Waals surface area contributed by atoms with Gasteiger partial charge in [0.15, 0.2) is 10.9 Å². The average Bonchev–Trinajstić information content (AvgIpc) is 3.54. The summed E-state index contributed by atoms with van der Waals surface area (Å²) in [6.45, 7) is 1.35. The fraction of sp³-hybridized carbons (Fsp3) is 0.273. The number of hydrogen-bond donors (Lipinski definition) is 2. The summed E-state index contributed by atoms with van der Waals surface area (Å²) in [5, 5.41) is 13.8. The van der Waals surface area contributed by atoms with Crippen LogP contribution in [0.3, 0.4) is 0 Å². The third-order valence-electron chi connectivity index (χ3n) is 5.39. The maximum Gasteiger partial charge on any atom is 0.417 e. The standard InChI is InChI=1S/C22H18F4N4O2S/c1-12(31)21(7-8-21)30(15-5-6-16(18(23)10-15)19(32)28-2)20(33)29-14-4-3-13(11-27)17(9-14)22(24,25)26/h3-6,9-10H,7-8H2,1-2H3,(H,28,32)(H,29,33). The van der Waals surface area contributed by atoms with Gasteiger partial charge in [-0.15, -0.1) is 0 Å². The second-order valence-corrected chi connectivity index (χ2v) is 7.85. The molecular weight excluding hydrogens is 460 g/mol. The van der Waals surface area contributed by atoms with Gasteiger partial charge in [0.25, 0.3) is 5.91 Å². The van der Waals surface area contributed by atoms with E-state index in [0.717, 1.165) is 18.2 Å². The summed E-state index contributed by atoms with van der Waals surface area (Å²) in [6, 6.07) is 8.18. The number of nitriles is 1. The lowest BCUT2D eigenvalue weighted by Gasteiger charge is -2.33. The summed E-state index contributed by atoms with van der Waals surface area (Å²) >= 11 is 5.41. The van der Waals surface area contributed by atoms with Crippen molar-refractivity contribution in [2.45, 2.75) is 31.5 Å². The number of Topliss-reactive ketones (excluding diaryl/α,β-unsaturated/α-hetero) is 1. The molecule has 33 heavy (non-hydrogen) atoms. The number of ketones is 1. The fourth-order valence-electron chi connectivity index (χ4n) is 3.51. The predicted octanol–water partition coefficient (Wildman–Crippen LogP) is 4.40. The smallest absolute Gasteiger partial charge is 0.355 e. The molecule has 2 N–H and O–H groups in total. The Morgan fingerprint density at radius 3 is 2.33 bits per heavy atom. The average molecular weight is 478 g/mol. The molecule has 0 heterocycles. The first-order chi connectivity index (χ1) is 15.4. The monoisotopic (exact) mass is 478 g/mol. The van der Waals surface area contributed by atoms with Crippen LogP contribution in [0.15, 0.2) is 36.4 Å². The molecule has 2 aromatic rings. The largest absolute Gasteiger partial charge is 0.417 e. The van der Waals surface area contributed by atoms with Crippen molar-refractivity contribution in [3.63, 3.8) is 0 Å². The summed E-state index contributed by atoms with van der Waals surface area (Å²) in [5.41, 5.74) is -2.88. The second-order valence-electron chi connectivity index (χ2n) is 7.47. The molecule has 0 saturated heterocycles. The summed E-state index contributed by atoms with van der Waals surface area (Å²) in [6.07, 6.45) is -3.95. The van der Waals surface area contributed by atoms with E-state index in [1.165, 1.54) is 43.1 Å². The number of benzene rings is 2. The Labute approximate surface area is 192 Å². The molecule has 1 saturated carbocycles. The Morgan fingerprint density at radius 1 is 1.18 bits per heavy atom. The van der Waals surface area contributed by atoms with Crippen molar-refractivity contribution in [3.8, 4) is 6.07 Å². The third-order valence-corrected chi connectivity index (χ3v) is 5.67. The van der Waals surface area contributed by atoms with Gasteiger partial charge in [0.2, 0.25) is 0 Å². The predicted molar refractivity (Wildman–Crippen MR) is 117 cm³/mol. The highest BCUT2D eigenvalue weighted by Crippen LogP contribution is 2.46. The number of carbonyl (C=O) groups excluding carboxylic acids is 2. The summed E-state index contributed by atoms with van der Waals surface area (Å²) in [4.78, 5) is 25.6. The van der Waals surface area contributed by atoms with Crippen molar-refractivity contribution in [2.24, 2.45) is 0 Å². The lowest BCUT2D eigenvalue weighted by Crippen LogP contribution is -2.48. The highest BCUT2D eigenvalue weighted by Gasteiger charge is 2.54. The van der Waals surface area contributed by atoms with Gasteiger partial charge >= 0.3 is 6.18 Å². The van der Waals surface area contributed by atoms with E-state index < -0.39 is 34.6 Å². The van der Waals surface area contributed by atoms with Gasteiger partial charge in [-0.2, -0.15) is 18.4 Å². The van der Waals surface area contributed by atoms with Crippen LogP contribution in [-0.2, 0) is 11.0 Å². The van der Waals surface area contributed by atoms with Gasteiger partial charge < -0.3 is 15.5 Å². The Kier molecular flexibility index (Phi) is 6.42. The summed E-state index contributed by atoms with van der Waals surface area (Å²) in [5.74, 6) is -1.74. The second kappa shape index (κ2) is 8.78. The molecule has 0 aliphatic heterocycles. The number of amides is 1. The van der Waals surface area contributed by atoms with Crippen LogP contribution in [0.25, 0.3) is 0 Å². The SMILES string of the molecule is CNC(=O)c1ccc(N(C(=S)Nc2ccc(C#N)c(C(F)(F)F)c2)C2(C(C)=O)CC2)cc1F. The quantitative estimate of drug-likeness (QED) is 0.490. The van der Waals surface area contributed by atoms with E-state index in [-0.39, 0.29) is 27.8 Å². The van der Waals surface area contributed by atoms with Crippen molar-refractivity contribution in [1.82, 2.24) is 5.32 Å². The Bertz CT molecular complexity index is 1190. The van der Waals surface area contributed by atoms with Crippen LogP contribution in [0.2, 0.25) is 0 Å². The number of alkyl halides is 3. The molecule has 0 aromatic heterocycles. The molecule has 0 bridgehead atoms. The van der Waals surface area contributed by atoms with Crippen LogP contribution < -0.4 is 15.5 Å². The Morgan fingerprint density at radius 2 is 1.85 bits per heavy atom. The molecule has 11 heteroatoms. The number of carbonyl (C=O) groups is 2. The van der Waals surface area contributed by atoms with Crippen LogP contribution in [0.5, 0.6) is 0 Å². The first kappa shape index (κ1) is 24.1. The fourth-order valence-corrected chi connectivity index (χ4v) is 3.90. The molecule has 1 aliphatic rings. The number of nitrogens with one attached hydrogen (secondary N) is 2. The van der Waals surface area contributed by atoms with E-state index in [0.29, 0.717) is 12.8 Å². The van der Waals surface area contributed by atoms with Gasteiger partial charge in [-0.25, -0.2) is 4.39 Å². The van der Waals surface area contributed by atoms with Crippen LogP contribution in [-0.4, -0.2) is 29.4 Å². The van der Waals surface area contributed by atoms with E-state index in [1.54, 1.807) is 0 Å². The molecule has 3 rings (SSSR count). The lowest BCUT2D eigenvalue weighted by atomic mass is 10.1. The molecule has 2 aromatic carbocycles. The van der Waals surface area contributed by atoms with Crippen LogP contribution >= 0.6 is 12.2 Å². The number of hydrogen-bond acceptors (Lipinski definition) is 4. The zero-order valence-electron chi connectivity index (χ0n) is 17.5. The van der Waals surface area contributed by atoms with Gasteiger partial charge in [0, 0.05) is 18.4 Å². The molecule has 0 spiro atoms. The normalized spacial score (nSPS) is 14.1. The number of anilines is 2. The van der Waals surface area contributed by atoms with Gasteiger partial charge in [-0.3, -0.25) is 9.59 Å². The summed E-state index contributed by atoms with van der Waals surface area (Å²) in [7, 11) is 1.35. The van der Waals surface area contributed by atoms with Gasteiger partial charge in [-0.1, -0.05) is 0 Å². The topological polar surface area (TPSA) is 85.2 Å². The maximum atomic E-state index is 14.6. The van der Waals surface area contributed by atoms with Crippen molar-refractivity contribution in [1.29, 1.82) is 5.26 Å². The van der Waals surface area contributed by atoms with Gasteiger partial charge in [0.05, 0.1) is 22.8 Å². The van der Waals surface area contributed by atoms with Gasteiger partial charge in [-0.05, 0) is 68.4 Å². The minimum Gasteiger partial charge on any atom is -0.355 e. The Balaban J connectivity index is 2.01. The van der Waals surface area contributed by atoms with Crippen molar-refractivity contribution in [2.75, 3.05) is 17.3 Å². The molecular formula is C22H18F4N4O2S. The number of halogens is 4. The highest BCUT2D eigenvalue weighted by molar-refractivity contribution is 7.80. The minimum atomic E-state index is -4.76. The molecule has 6 nitrogen and oxygen atoms in total. The van der Waals surface area contributed by atoms with E-state index >= 15 is 0 Å². The van der Waals surface area contributed by atoms with Gasteiger partial charge in [0.1, 0.15) is 11.4 Å². The summed E-state index contributed by atoms with van der Waals surface area (Å²) < 4.78 is 54.6. The highest BCUT2D eigenvalue weighted by atomic mass is 32.1. The van der Waals surface area contributed by atoms with Crippen LogP contribution in [0, 0.1) is 17.1 Å². The van der Waals surface area contributed by atoms with E-state index in [4.69, 9.17) is 17.5 Å². The Hall–Kier alpha value is -3.52. The first-order valence-electron chi connectivity index (χ1n) is 9.70. The van der Waals surface area contributed by atoms with E-state index in [2.05, 4.69) is 10.6 Å². The zero-order chi connectivity index (χ0) is 24.6. The van der Waals surface area contributed by atoms with E-state index in [1.807, 2.05) is 0 Å². The van der Waals surface area contributed by atoms with Crippen molar-refractivity contribution in [3.05, 3.63) is 58.9 Å². The molecule has 0 radical (unpaired) electrons. The molecule has 1 amide bonds. The maximum absolute atomic E-state index is 14.6. The molecule has 0 unspecified atom stereocenters. The van der Waals surface area contributed by atoms with Crippen molar-refractivity contribution < 1.29 is 27.2 Å². The molecule has 1 aliphatic carbocycles. The van der Waals surface area contributed by atoms with E-state index in [9.17, 15) is 27.2 Å². The first-order valence-corrected chi connectivity index (χ1v) is 10.1. The third kappa shape index (κ3) is 4.66. The molecule has 1 fully saturated rings. The molecule has 0 atom stereocenters. The minimum absolute atomic E-state index is 0.0573. The zero-order valence-corrected chi connectivity index (χ0v) is 18.3. The van der Waals surface area contributed by atoms with Crippen LogP contribution in [0.4, 0.5) is 28.9 Å². The molecule has 172 valence electrons. The lowest BCUT2D eigenvalue weighted by molar-refractivity contribution is -0.137. The number of rotatable bonds is 5.